The number of benzene rings is 1. The molecule has 1 aromatic rings. The van der Waals surface area contributed by atoms with E-state index in [1.54, 1.807) is 0 Å². The standard InChI is InChI=1S/C15H24N2O3/c1-4-9-16-15(18)11-17-12-7-8-13(19-5-2)14(10-12)20-6-3/h7-8,10,17H,4-6,9,11H2,1-3H3,(H,16,18). The zero-order valence-corrected chi connectivity index (χ0v) is 12.5. The van der Waals surface area contributed by atoms with Crippen molar-refractivity contribution in [2.45, 2.75) is 27.2 Å². The largest absolute Gasteiger partial charge is 0.490 e. The minimum absolute atomic E-state index is 0.0151. The number of hydrogen-bond acceptors (Lipinski definition) is 4. The van der Waals surface area contributed by atoms with Gasteiger partial charge in [-0.15, -0.1) is 0 Å². The molecule has 0 aliphatic heterocycles. The van der Waals surface area contributed by atoms with E-state index in [0.29, 0.717) is 25.5 Å². The van der Waals surface area contributed by atoms with Gasteiger partial charge in [0.05, 0.1) is 19.8 Å². The van der Waals surface area contributed by atoms with Gasteiger partial charge in [-0.3, -0.25) is 4.79 Å². The molecule has 20 heavy (non-hydrogen) atoms. The number of carbonyl (C=O) groups excluding carboxylic acids is 1. The molecule has 1 aromatic carbocycles. The lowest BCUT2D eigenvalue weighted by molar-refractivity contribution is -0.119. The van der Waals surface area contributed by atoms with Crippen molar-refractivity contribution in [2.24, 2.45) is 0 Å². The Bertz CT molecular complexity index is 422. The summed E-state index contributed by atoms with van der Waals surface area (Å²) in [6.45, 7) is 7.99. The Morgan fingerprint density at radius 2 is 1.80 bits per heavy atom. The number of anilines is 1. The minimum atomic E-state index is -0.0151. The Morgan fingerprint density at radius 1 is 1.10 bits per heavy atom. The van der Waals surface area contributed by atoms with Gasteiger partial charge in [-0.1, -0.05) is 6.92 Å². The zero-order valence-electron chi connectivity index (χ0n) is 12.5. The van der Waals surface area contributed by atoms with E-state index in [0.717, 1.165) is 17.9 Å². The minimum Gasteiger partial charge on any atom is -0.490 e. The first-order valence-corrected chi connectivity index (χ1v) is 7.11. The fraction of sp³-hybridized carbons (Fsp3) is 0.533. The van der Waals surface area contributed by atoms with Gasteiger partial charge < -0.3 is 20.1 Å². The molecule has 0 spiro atoms. The molecule has 0 aliphatic rings. The number of carbonyl (C=O) groups is 1. The molecule has 0 heterocycles. The number of hydrogen-bond donors (Lipinski definition) is 2. The summed E-state index contributed by atoms with van der Waals surface area (Å²) in [6, 6.07) is 5.57. The zero-order chi connectivity index (χ0) is 14.8. The van der Waals surface area contributed by atoms with Crippen molar-refractivity contribution < 1.29 is 14.3 Å². The normalized spacial score (nSPS) is 9.95. The second kappa shape index (κ2) is 9.07. The van der Waals surface area contributed by atoms with Crippen molar-refractivity contribution in [3.63, 3.8) is 0 Å². The predicted molar refractivity (Wildman–Crippen MR) is 80.6 cm³/mol. The lowest BCUT2D eigenvalue weighted by Gasteiger charge is -2.13. The van der Waals surface area contributed by atoms with E-state index in [1.807, 2.05) is 39.0 Å². The summed E-state index contributed by atoms with van der Waals surface area (Å²) in [6.07, 6.45) is 0.934. The average molecular weight is 280 g/mol. The Morgan fingerprint density at radius 3 is 2.45 bits per heavy atom. The van der Waals surface area contributed by atoms with Gasteiger partial charge in [-0.2, -0.15) is 0 Å². The van der Waals surface area contributed by atoms with Gasteiger partial charge in [0.15, 0.2) is 11.5 Å². The van der Waals surface area contributed by atoms with Crippen molar-refractivity contribution in [3.05, 3.63) is 18.2 Å². The topological polar surface area (TPSA) is 59.6 Å². The summed E-state index contributed by atoms with van der Waals surface area (Å²) >= 11 is 0. The SMILES string of the molecule is CCCNC(=O)CNc1ccc(OCC)c(OCC)c1. The molecule has 0 aromatic heterocycles. The van der Waals surface area contributed by atoms with Gasteiger partial charge in [0.1, 0.15) is 0 Å². The molecule has 0 fully saturated rings. The highest BCUT2D eigenvalue weighted by atomic mass is 16.5. The molecular weight excluding hydrogens is 256 g/mol. The van der Waals surface area contributed by atoms with E-state index in [1.165, 1.54) is 0 Å². The maximum Gasteiger partial charge on any atom is 0.239 e. The van der Waals surface area contributed by atoms with E-state index in [2.05, 4.69) is 10.6 Å². The maximum atomic E-state index is 11.5. The molecule has 1 amide bonds. The van der Waals surface area contributed by atoms with Crippen molar-refractivity contribution in [1.82, 2.24) is 5.32 Å². The Kier molecular flexibility index (Phi) is 7.32. The van der Waals surface area contributed by atoms with Crippen LogP contribution in [0.2, 0.25) is 0 Å². The van der Waals surface area contributed by atoms with Gasteiger partial charge in [0.25, 0.3) is 0 Å². The van der Waals surface area contributed by atoms with E-state index in [9.17, 15) is 4.79 Å². The van der Waals surface area contributed by atoms with Crippen LogP contribution in [0.25, 0.3) is 0 Å². The van der Waals surface area contributed by atoms with Crippen LogP contribution in [-0.2, 0) is 4.79 Å². The molecule has 0 radical (unpaired) electrons. The summed E-state index contributed by atoms with van der Waals surface area (Å²) in [4.78, 5) is 11.5. The monoisotopic (exact) mass is 280 g/mol. The van der Waals surface area contributed by atoms with E-state index in [4.69, 9.17) is 9.47 Å². The second-order valence-electron chi connectivity index (χ2n) is 4.23. The highest BCUT2D eigenvalue weighted by molar-refractivity contribution is 5.80. The summed E-state index contributed by atoms with van der Waals surface area (Å²) in [5.74, 6) is 1.39. The van der Waals surface area contributed by atoms with Crippen LogP contribution < -0.4 is 20.1 Å². The molecule has 0 bridgehead atoms. The summed E-state index contributed by atoms with van der Waals surface area (Å²) in [5.41, 5.74) is 0.837. The van der Waals surface area contributed by atoms with Crippen LogP contribution in [0, 0.1) is 0 Å². The van der Waals surface area contributed by atoms with Crippen LogP contribution in [0.15, 0.2) is 18.2 Å². The molecule has 0 saturated heterocycles. The third-order valence-corrected chi connectivity index (χ3v) is 2.57. The van der Waals surface area contributed by atoms with Crippen LogP contribution >= 0.6 is 0 Å². The Hall–Kier alpha value is -1.91. The summed E-state index contributed by atoms with van der Waals surface area (Å²) < 4.78 is 11.0. The molecule has 0 unspecified atom stereocenters. The maximum absolute atomic E-state index is 11.5. The Labute approximate surface area is 120 Å². The highest BCUT2D eigenvalue weighted by Gasteiger charge is 2.07. The van der Waals surface area contributed by atoms with E-state index >= 15 is 0 Å². The van der Waals surface area contributed by atoms with Crippen LogP contribution in [0.5, 0.6) is 11.5 Å². The van der Waals surface area contributed by atoms with Crippen LogP contribution in [0.3, 0.4) is 0 Å². The number of rotatable bonds is 9. The van der Waals surface area contributed by atoms with Gasteiger partial charge in [-0.25, -0.2) is 0 Å². The van der Waals surface area contributed by atoms with Crippen molar-refractivity contribution in [2.75, 3.05) is 31.6 Å². The molecule has 5 heteroatoms. The highest BCUT2D eigenvalue weighted by Crippen LogP contribution is 2.30. The van der Waals surface area contributed by atoms with Crippen LogP contribution in [0.1, 0.15) is 27.2 Å². The quantitative estimate of drug-likeness (QED) is 0.729. The van der Waals surface area contributed by atoms with Gasteiger partial charge in [-0.05, 0) is 32.4 Å². The molecule has 0 atom stereocenters. The first-order chi connectivity index (χ1) is 9.71. The van der Waals surface area contributed by atoms with Crippen molar-refractivity contribution >= 4 is 11.6 Å². The lowest BCUT2D eigenvalue weighted by atomic mass is 10.2. The molecule has 0 saturated carbocycles. The van der Waals surface area contributed by atoms with Crippen molar-refractivity contribution in [1.29, 1.82) is 0 Å². The van der Waals surface area contributed by atoms with Gasteiger partial charge >= 0.3 is 0 Å². The van der Waals surface area contributed by atoms with Gasteiger partial charge in [0.2, 0.25) is 5.91 Å². The fourth-order valence-electron chi connectivity index (χ4n) is 1.67. The number of ether oxygens (including phenoxy) is 2. The third kappa shape index (κ3) is 5.38. The first-order valence-electron chi connectivity index (χ1n) is 7.11. The predicted octanol–water partition coefficient (Wildman–Crippen LogP) is 2.42. The third-order valence-electron chi connectivity index (χ3n) is 2.57. The molecule has 0 aliphatic carbocycles. The fourth-order valence-corrected chi connectivity index (χ4v) is 1.67. The van der Waals surface area contributed by atoms with E-state index < -0.39 is 0 Å². The molecule has 112 valence electrons. The first kappa shape index (κ1) is 16.1. The van der Waals surface area contributed by atoms with Crippen LogP contribution in [0.4, 0.5) is 5.69 Å². The smallest absolute Gasteiger partial charge is 0.239 e. The molecule has 5 nitrogen and oxygen atoms in total. The van der Waals surface area contributed by atoms with E-state index in [-0.39, 0.29) is 12.5 Å². The summed E-state index contributed by atoms with van der Waals surface area (Å²) in [7, 11) is 0. The molecule has 1 rings (SSSR count). The van der Waals surface area contributed by atoms with Gasteiger partial charge in [0, 0.05) is 18.3 Å². The summed E-state index contributed by atoms with van der Waals surface area (Å²) in [5, 5.41) is 5.89. The molecule has 2 N–H and O–H groups in total. The number of amides is 1. The number of nitrogens with one attached hydrogen (secondary N) is 2. The average Bonchev–Trinajstić information content (AvgIpc) is 2.45. The Balaban J connectivity index is 2.62. The van der Waals surface area contributed by atoms with Crippen molar-refractivity contribution in [3.8, 4) is 11.5 Å². The lowest BCUT2D eigenvalue weighted by Crippen LogP contribution is -2.30. The van der Waals surface area contributed by atoms with Crippen LogP contribution in [-0.4, -0.2) is 32.2 Å². The second-order valence-corrected chi connectivity index (χ2v) is 4.23. The molecular formula is C15H24N2O3.